The van der Waals surface area contributed by atoms with Crippen molar-refractivity contribution in [3.8, 4) is 0 Å². The lowest BCUT2D eigenvalue weighted by Crippen LogP contribution is -2.09. The molecule has 0 radical (unpaired) electrons. The zero-order valence-corrected chi connectivity index (χ0v) is 12.2. The lowest BCUT2D eigenvalue weighted by atomic mass is 9.80. The highest BCUT2D eigenvalue weighted by Gasteiger charge is 2.19. The van der Waals surface area contributed by atoms with E-state index in [2.05, 4.69) is 33.0 Å². The number of rotatable bonds is 3. The van der Waals surface area contributed by atoms with Gasteiger partial charge in [0, 0.05) is 10.7 Å². The summed E-state index contributed by atoms with van der Waals surface area (Å²) in [5.74, 6) is 0.733. The summed E-state index contributed by atoms with van der Waals surface area (Å²) in [6.45, 7) is 0. The zero-order chi connectivity index (χ0) is 13.2. The second-order valence-corrected chi connectivity index (χ2v) is 6.01. The number of hydrogen-bond donors (Lipinski definition) is 1. The standard InChI is InChI=1S/C16H16BrNO/c17-14-8-9-15(18-10-14)16(19)13-6-4-12(5-7-13)11-2-1-3-11/h4-11,16,19H,1-3H2. The molecule has 2 aromatic rings. The van der Waals surface area contributed by atoms with Crippen molar-refractivity contribution in [1.29, 1.82) is 0 Å². The summed E-state index contributed by atoms with van der Waals surface area (Å²) >= 11 is 3.35. The molecule has 3 rings (SSSR count). The third-order valence-corrected chi connectivity index (χ3v) is 4.33. The third-order valence-electron chi connectivity index (χ3n) is 3.86. The predicted molar refractivity (Wildman–Crippen MR) is 79.0 cm³/mol. The molecule has 1 unspecified atom stereocenters. The minimum atomic E-state index is -0.649. The summed E-state index contributed by atoms with van der Waals surface area (Å²) in [6, 6.07) is 12.1. The molecule has 1 aliphatic rings. The van der Waals surface area contributed by atoms with E-state index in [0.717, 1.165) is 16.0 Å². The van der Waals surface area contributed by atoms with Crippen LogP contribution in [0.4, 0.5) is 0 Å². The van der Waals surface area contributed by atoms with Gasteiger partial charge in [-0.2, -0.15) is 0 Å². The molecule has 0 bridgehead atoms. The van der Waals surface area contributed by atoms with E-state index in [-0.39, 0.29) is 0 Å². The van der Waals surface area contributed by atoms with Gasteiger partial charge in [-0.1, -0.05) is 30.7 Å². The maximum Gasteiger partial charge on any atom is 0.121 e. The summed E-state index contributed by atoms with van der Waals surface area (Å²) in [6.07, 6.45) is 5.01. The summed E-state index contributed by atoms with van der Waals surface area (Å²) in [5, 5.41) is 10.3. The molecule has 1 aromatic carbocycles. The summed E-state index contributed by atoms with van der Waals surface area (Å²) < 4.78 is 0.920. The fourth-order valence-electron chi connectivity index (χ4n) is 2.41. The van der Waals surface area contributed by atoms with Crippen molar-refractivity contribution in [2.24, 2.45) is 0 Å². The Bertz CT molecular complexity index is 546. The molecule has 1 aromatic heterocycles. The van der Waals surface area contributed by atoms with Crippen LogP contribution >= 0.6 is 15.9 Å². The number of aliphatic hydroxyl groups excluding tert-OH is 1. The van der Waals surface area contributed by atoms with Crippen molar-refractivity contribution in [2.75, 3.05) is 0 Å². The van der Waals surface area contributed by atoms with E-state index >= 15 is 0 Å². The molecule has 0 spiro atoms. The molecule has 19 heavy (non-hydrogen) atoms. The third kappa shape index (κ3) is 2.72. The van der Waals surface area contributed by atoms with Crippen LogP contribution in [0, 0.1) is 0 Å². The van der Waals surface area contributed by atoms with Crippen LogP contribution in [-0.2, 0) is 0 Å². The van der Waals surface area contributed by atoms with Crippen molar-refractivity contribution in [3.63, 3.8) is 0 Å². The second-order valence-electron chi connectivity index (χ2n) is 5.10. The Kier molecular flexibility index (Phi) is 3.67. The lowest BCUT2D eigenvalue weighted by Gasteiger charge is -2.26. The van der Waals surface area contributed by atoms with Gasteiger partial charge in [-0.3, -0.25) is 4.98 Å². The topological polar surface area (TPSA) is 33.1 Å². The largest absolute Gasteiger partial charge is 0.382 e. The highest BCUT2D eigenvalue weighted by Crippen LogP contribution is 2.36. The van der Waals surface area contributed by atoms with Gasteiger partial charge in [-0.25, -0.2) is 0 Å². The number of benzene rings is 1. The minimum Gasteiger partial charge on any atom is -0.382 e. The van der Waals surface area contributed by atoms with Gasteiger partial charge in [-0.15, -0.1) is 0 Å². The van der Waals surface area contributed by atoms with Crippen LogP contribution in [0.2, 0.25) is 0 Å². The van der Waals surface area contributed by atoms with Gasteiger partial charge in [0.15, 0.2) is 0 Å². The SMILES string of the molecule is OC(c1ccc(C2CCC2)cc1)c1ccc(Br)cn1. The Morgan fingerprint density at radius 3 is 2.37 bits per heavy atom. The number of hydrogen-bond acceptors (Lipinski definition) is 2. The molecule has 2 nitrogen and oxygen atoms in total. The highest BCUT2D eigenvalue weighted by atomic mass is 79.9. The molecule has 1 N–H and O–H groups in total. The van der Waals surface area contributed by atoms with Gasteiger partial charge in [-0.05, 0) is 57.9 Å². The van der Waals surface area contributed by atoms with Crippen LogP contribution in [0.25, 0.3) is 0 Å². The molecule has 3 heteroatoms. The molecule has 1 aliphatic carbocycles. The lowest BCUT2D eigenvalue weighted by molar-refractivity contribution is 0.215. The van der Waals surface area contributed by atoms with E-state index in [4.69, 9.17) is 0 Å². The minimum absolute atomic E-state index is 0.649. The first-order valence-corrected chi connectivity index (χ1v) is 7.43. The summed E-state index contributed by atoms with van der Waals surface area (Å²) in [4.78, 5) is 4.24. The Labute approximate surface area is 121 Å². The van der Waals surface area contributed by atoms with Gasteiger partial charge in [0.1, 0.15) is 6.10 Å². The van der Waals surface area contributed by atoms with Crippen LogP contribution in [0.3, 0.4) is 0 Å². The first-order valence-electron chi connectivity index (χ1n) is 6.63. The molecule has 1 heterocycles. The maximum atomic E-state index is 10.3. The van der Waals surface area contributed by atoms with Crippen molar-refractivity contribution < 1.29 is 5.11 Å². The number of pyridine rings is 1. The molecule has 0 saturated heterocycles. The van der Waals surface area contributed by atoms with Crippen LogP contribution in [0.1, 0.15) is 48.1 Å². The van der Waals surface area contributed by atoms with E-state index in [1.54, 1.807) is 6.20 Å². The molecule has 0 amide bonds. The molecule has 0 aliphatic heterocycles. The zero-order valence-electron chi connectivity index (χ0n) is 10.6. The first-order chi connectivity index (χ1) is 9.24. The fraction of sp³-hybridized carbons (Fsp3) is 0.312. The Hall–Kier alpha value is -1.19. The molecular weight excluding hydrogens is 302 g/mol. The number of halogens is 1. The predicted octanol–water partition coefficient (Wildman–Crippen LogP) is 4.19. The van der Waals surface area contributed by atoms with Crippen molar-refractivity contribution in [3.05, 3.63) is 63.9 Å². The van der Waals surface area contributed by atoms with Crippen molar-refractivity contribution >= 4 is 15.9 Å². The quantitative estimate of drug-likeness (QED) is 0.920. The second kappa shape index (κ2) is 5.43. The van der Waals surface area contributed by atoms with E-state index < -0.39 is 6.10 Å². The van der Waals surface area contributed by atoms with Gasteiger partial charge >= 0.3 is 0 Å². The first kappa shape index (κ1) is 12.8. The smallest absolute Gasteiger partial charge is 0.121 e. The monoisotopic (exact) mass is 317 g/mol. The summed E-state index contributed by atoms with van der Waals surface area (Å²) in [7, 11) is 0. The Morgan fingerprint density at radius 2 is 1.84 bits per heavy atom. The number of nitrogens with zero attached hydrogens (tertiary/aromatic N) is 1. The van der Waals surface area contributed by atoms with Crippen molar-refractivity contribution in [1.82, 2.24) is 4.98 Å². The van der Waals surface area contributed by atoms with Crippen LogP contribution in [0.15, 0.2) is 47.1 Å². The molecule has 1 atom stereocenters. The Balaban J connectivity index is 1.79. The summed E-state index contributed by atoms with van der Waals surface area (Å²) in [5.41, 5.74) is 2.98. The van der Waals surface area contributed by atoms with Crippen LogP contribution in [-0.4, -0.2) is 10.1 Å². The van der Waals surface area contributed by atoms with Gasteiger partial charge in [0.25, 0.3) is 0 Å². The average Bonchev–Trinajstić information content (AvgIpc) is 2.38. The van der Waals surface area contributed by atoms with Crippen LogP contribution in [0.5, 0.6) is 0 Å². The number of aliphatic hydroxyl groups is 1. The highest BCUT2D eigenvalue weighted by molar-refractivity contribution is 9.10. The molecule has 1 fully saturated rings. The van der Waals surface area contributed by atoms with Gasteiger partial charge in [0.05, 0.1) is 5.69 Å². The molecular formula is C16H16BrNO. The van der Waals surface area contributed by atoms with Gasteiger partial charge in [0.2, 0.25) is 0 Å². The van der Waals surface area contributed by atoms with Crippen molar-refractivity contribution in [2.45, 2.75) is 31.3 Å². The molecule has 1 saturated carbocycles. The van der Waals surface area contributed by atoms with E-state index in [9.17, 15) is 5.11 Å². The van der Waals surface area contributed by atoms with Gasteiger partial charge < -0.3 is 5.11 Å². The molecule has 98 valence electrons. The van der Waals surface area contributed by atoms with Crippen LogP contribution < -0.4 is 0 Å². The average molecular weight is 318 g/mol. The van der Waals surface area contributed by atoms with E-state index in [0.29, 0.717) is 5.69 Å². The van der Waals surface area contributed by atoms with E-state index in [1.165, 1.54) is 24.8 Å². The normalized spacial score (nSPS) is 16.9. The number of aromatic nitrogens is 1. The Morgan fingerprint density at radius 1 is 1.11 bits per heavy atom. The fourth-order valence-corrected chi connectivity index (χ4v) is 2.65. The van der Waals surface area contributed by atoms with E-state index in [1.807, 2.05) is 24.3 Å². The maximum absolute atomic E-state index is 10.3.